The summed E-state index contributed by atoms with van der Waals surface area (Å²) in [5, 5.41) is 9.60. The third-order valence-electron chi connectivity index (χ3n) is 4.06. The minimum Gasteiger partial charge on any atom is -0.393 e. The van der Waals surface area contributed by atoms with Gasteiger partial charge < -0.3 is 14.3 Å². The molecule has 3 fully saturated rings. The van der Waals surface area contributed by atoms with Crippen molar-refractivity contribution in [3.63, 3.8) is 0 Å². The number of likely N-dealkylation sites (N-methyl/N-ethyl adjacent to an activating group) is 1. The molecule has 68 valence electrons. The summed E-state index contributed by atoms with van der Waals surface area (Å²) in [7, 11) is 4.55. The molecule has 0 aromatic rings. The molecule has 3 aliphatic rings. The van der Waals surface area contributed by atoms with Gasteiger partial charge in [-0.1, -0.05) is 0 Å². The van der Waals surface area contributed by atoms with E-state index in [2.05, 4.69) is 14.1 Å². The topological polar surface area (TPSA) is 32.8 Å². The second-order valence-corrected chi connectivity index (χ2v) is 4.95. The SMILES string of the molecule is C[N+]1(C)C2CC(O)C[C@H]1[C@H]1OC21. The van der Waals surface area contributed by atoms with E-state index in [9.17, 15) is 5.11 Å². The average molecular weight is 170 g/mol. The summed E-state index contributed by atoms with van der Waals surface area (Å²) in [6.07, 6.45) is 2.75. The molecule has 0 aromatic carbocycles. The Hall–Kier alpha value is -0.120. The monoisotopic (exact) mass is 170 g/mol. The van der Waals surface area contributed by atoms with Gasteiger partial charge in [-0.3, -0.25) is 0 Å². The minimum absolute atomic E-state index is 0.0671. The number of rotatable bonds is 0. The Morgan fingerprint density at radius 2 is 1.67 bits per heavy atom. The van der Waals surface area contributed by atoms with Crippen molar-refractivity contribution in [3.8, 4) is 0 Å². The van der Waals surface area contributed by atoms with Crippen LogP contribution in [0.15, 0.2) is 0 Å². The highest BCUT2D eigenvalue weighted by molar-refractivity contribution is 5.07. The molecule has 3 nitrogen and oxygen atoms in total. The molecular weight excluding hydrogens is 154 g/mol. The van der Waals surface area contributed by atoms with Gasteiger partial charge in [0.1, 0.15) is 24.3 Å². The first-order valence-electron chi connectivity index (χ1n) is 4.77. The van der Waals surface area contributed by atoms with E-state index in [0.717, 1.165) is 17.3 Å². The number of hydrogen-bond donors (Lipinski definition) is 1. The maximum atomic E-state index is 9.60. The third kappa shape index (κ3) is 0.679. The Balaban J connectivity index is 1.96. The Morgan fingerprint density at radius 1 is 1.17 bits per heavy atom. The van der Waals surface area contributed by atoms with Crippen LogP contribution in [0.25, 0.3) is 0 Å². The lowest BCUT2D eigenvalue weighted by molar-refractivity contribution is -0.938. The predicted octanol–water partition coefficient (Wildman–Crippen LogP) is -0.264. The molecule has 0 saturated carbocycles. The number of aliphatic hydroxyl groups excluding tert-OH is 1. The number of nitrogens with zero attached hydrogens (tertiary/aromatic N) is 1. The molecule has 12 heavy (non-hydrogen) atoms. The molecule has 5 atom stereocenters. The summed E-state index contributed by atoms with van der Waals surface area (Å²) in [5.41, 5.74) is 0. The van der Waals surface area contributed by atoms with Crippen molar-refractivity contribution in [2.45, 2.75) is 43.2 Å². The largest absolute Gasteiger partial charge is 0.393 e. The molecule has 3 unspecified atom stereocenters. The Labute approximate surface area is 72.5 Å². The van der Waals surface area contributed by atoms with Gasteiger partial charge in [0.05, 0.1) is 20.2 Å². The van der Waals surface area contributed by atoms with E-state index in [1.807, 2.05) is 0 Å². The van der Waals surface area contributed by atoms with Crippen LogP contribution >= 0.6 is 0 Å². The highest BCUT2D eigenvalue weighted by atomic mass is 16.6. The number of aliphatic hydroxyl groups is 1. The molecule has 2 bridgehead atoms. The summed E-state index contributed by atoms with van der Waals surface area (Å²) >= 11 is 0. The lowest BCUT2D eigenvalue weighted by atomic mass is 9.97. The van der Waals surface area contributed by atoms with Crippen LogP contribution in [-0.4, -0.2) is 54.1 Å². The fourth-order valence-corrected chi connectivity index (χ4v) is 3.22. The zero-order chi connectivity index (χ0) is 8.51. The van der Waals surface area contributed by atoms with Crippen molar-refractivity contribution in [3.05, 3.63) is 0 Å². The molecule has 1 N–H and O–H groups in total. The summed E-state index contributed by atoms with van der Waals surface area (Å²) in [6.45, 7) is 0. The smallest absolute Gasteiger partial charge is 0.142 e. The van der Waals surface area contributed by atoms with Crippen molar-refractivity contribution < 1.29 is 14.3 Å². The van der Waals surface area contributed by atoms with Crippen LogP contribution in [0, 0.1) is 0 Å². The van der Waals surface area contributed by atoms with Gasteiger partial charge in [0.15, 0.2) is 0 Å². The zero-order valence-electron chi connectivity index (χ0n) is 7.60. The number of hydrogen-bond acceptors (Lipinski definition) is 2. The molecule has 3 heteroatoms. The van der Waals surface area contributed by atoms with Crippen LogP contribution in [0.4, 0.5) is 0 Å². The summed E-state index contributed by atoms with van der Waals surface area (Å²) < 4.78 is 6.65. The fourth-order valence-electron chi connectivity index (χ4n) is 3.22. The second-order valence-electron chi connectivity index (χ2n) is 4.95. The highest BCUT2D eigenvalue weighted by Crippen LogP contribution is 2.50. The van der Waals surface area contributed by atoms with Crippen LogP contribution in [0.3, 0.4) is 0 Å². The summed E-state index contributed by atoms with van der Waals surface area (Å²) in [4.78, 5) is 0. The van der Waals surface area contributed by atoms with E-state index in [1.165, 1.54) is 0 Å². The number of quaternary nitrogens is 1. The summed E-state index contributed by atoms with van der Waals surface area (Å²) in [5.74, 6) is 0. The standard InChI is InChI=1S/C9H16NO2/c1-10(2)6-3-5(11)4-7(10)9-8(6)12-9/h5-9,11H,3-4H2,1-2H3/q+1/t5?,6-,7?,8+,9?/m0/s1. The quantitative estimate of drug-likeness (QED) is 0.401. The molecule has 0 aliphatic carbocycles. The van der Waals surface area contributed by atoms with Crippen LogP contribution in [0.2, 0.25) is 0 Å². The van der Waals surface area contributed by atoms with Gasteiger partial charge in [0, 0.05) is 12.8 Å². The first-order chi connectivity index (χ1) is 5.60. The van der Waals surface area contributed by atoms with Gasteiger partial charge >= 0.3 is 0 Å². The number of fused-ring (bicyclic) bond motifs is 5. The third-order valence-corrected chi connectivity index (χ3v) is 4.06. The van der Waals surface area contributed by atoms with E-state index in [1.54, 1.807) is 0 Å². The zero-order valence-corrected chi connectivity index (χ0v) is 7.60. The van der Waals surface area contributed by atoms with E-state index < -0.39 is 0 Å². The lowest BCUT2D eigenvalue weighted by Gasteiger charge is -2.44. The second kappa shape index (κ2) is 1.86. The van der Waals surface area contributed by atoms with Crippen LogP contribution in [-0.2, 0) is 4.74 Å². The molecular formula is C9H16NO2+. The van der Waals surface area contributed by atoms with Gasteiger partial charge in [-0.2, -0.15) is 0 Å². The van der Waals surface area contributed by atoms with Gasteiger partial charge in [-0.25, -0.2) is 0 Å². The van der Waals surface area contributed by atoms with Crippen molar-refractivity contribution in [2.24, 2.45) is 0 Å². The van der Waals surface area contributed by atoms with E-state index in [-0.39, 0.29) is 6.10 Å². The van der Waals surface area contributed by atoms with Crippen LogP contribution in [0.5, 0.6) is 0 Å². The Kier molecular flexibility index (Phi) is 1.13. The Morgan fingerprint density at radius 3 is 2.17 bits per heavy atom. The minimum atomic E-state index is -0.0671. The molecule has 3 rings (SSSR count). The van der Waals surface area contributed by atoms with Gasteiger partial charge in [-0.15, -0.1) is 0 Å². The molecule has 0 amide bonds. The fraction of sp³-hybridized carbons (Fsp3) is 1.00. The molecule has 3 saturated heterocycles. The average Bonchev–Trinajstić information content (AvgIpc) is 2.66. The Bertz CT molecular complexity index is 209. The number of epoxide rings is 1. The predicted molar refractivity (Wildman–Crippen MR) is 43.6 cm³/mol. The maximum Gasteiger partial charge on any atom is 0.142 e. The molecule has 0 spiro atoms. The van der Waals surface area contributed by atoms with E-state index in [0.29, 0.717) is 24.3 Å². The van der Waals surface area contributed by atoms with E-state index >= 15 is 0 Å². The maximum absolute atomic E-state index is 9.60. The number of ether oxygens (including phenoxy) is 1. The van der Waals surface area contributed by atoms with Crippen molar-refractivity contribution >= 4 is 0 Å². The van der Waals surface area contributed by atoms with Gasteiger partial charge in [0.25, 0.3) is 0 Å². The number of morpholine rings is 1. The number of piperidine rings is 1. The normalized spacial score (nSPS) is 59.8. The molecule has 0 aromatic heterocycles. The van der Waals surface area contributed by atoms with Gasteiger partial charge in [0.2, 0.25) is 0 Å². The lowest BCUT2D eigenvalue weighted by Crippen LogP contribution is -2.59. The first-order valence-corrected chi connectivity index (χ1v) is 4.77. The molecule has 0 radical (unpaired) electrons. The summed E-state index contributed by atoms with van der Waals surface area (Å²) in [6, 6.07) is 1.12. The van der Waals surface area contributed by atoms with Crippen LogP contribution < -0.4 is 0 Å². The van der Waals surface area contributed by atoms with Crippen molar-refractivity contribution in [1.29, 1.82) is 0 Å². The molecule has 3 aliphatic heterocycles. The van der Waals surface area contributed by atoms with Gasteiger partial charge in [-0.05, 0) is 0 Å². The van der Waals surface area contributed by atoms with Crippen molar-refractivity contribution in [1.82, 2.24) is 0 Å². The highest BCUT2D eigenvalue weighted by Gasteiger charge is 2.70. The first kappa shape index (κ1) is 7.30. The van der Waals surface area contributed by atoms with Crippen molar-refractivity contribution in [2.75, 3.05) is 14.1 Å². The van der Waals surface area contributed by atoms with E-state index in [4.69, 9.17) is 4.74 Å². The van der Waals surface area contributed by atoms with Crippen LogP contribution in [0.1, 0.15) is 12.8 Å². The molecule has 3 heterocycles.